The predicted molar refractivity (Wildman–Crippen MR) is 148 cm³/mol. The van der Waals surface area contributed by atoms with Gasteiger partial charge in [-0.2, -0.15) is 0 Å². The van der Waals surface area contributed by atoms with Crippen molar-refractivity contribution in [2.24, 2.45) is 28.1 Å². The molecule has 0 heterocycles. The molecule has 14 heteroatoms. The van der Waals surface area contributed by atoms with E-state index in [1.807, 2.05) is 44.2 Å². The number of carbonyl (C=O) groups is 5. The van der Waals surface area contributed by atoms with Crippen LogP contribution in [-0.2, 0) is 30.4 Å². The monoisotopic (exact) mass is 563 g/mol. The molecule has 14 nitrogen and oxygen atoms in total. The van der Waals surface area contributed by atoms with Crippen molar-refractivity contribution in [2.45, 2.75) is 76.5 Å². The first kappa shape index (κ1) is 33.8. The third-order valence-electron chi connectivity index (χ3n) is 5.82. The molecule has 0 spiro atoms. The van der Waals surface area contributed by atoms with E-state index in [2.05, 4.69) is 20.9 Å². The minimum absolute atomic E-state index is 0.0112. The van der Waals surface area contributed by atoms with Gasteiger partial charge in [0.15, 0.2) is 5.96 Å². The Morgan fingerprint density at radius 2 is 1.43 bits per heavy atom. The highest BCUT2D eigenvalue weighted by Crippen LogP contribution is 2.09. The summed E-state index contributed by atoms with van der Waals surface area (Å²) in [4.78, 5) is 65.4. The molecule has 1 aromatic rings. The molecule has 0 aromatic heterocycles. The van der Waals surface area contributed by atoms with E-state index in [1.165, 1.54) is 0 Å². The highest BCUT2D eigenvalue weighted by Gasteiger charge is 2.30. The van der Waals surface area contributed by atoms with E-state index in [-0.39, 0.29) is 50.5 Å². The van der Waals surface area contributed by atoms with Crippen LogP contribution in [0.15, 0.2) is 35.3 Å². The number of nitrogens with one attached hydrogen (secondary N) is 3. The second-order valence-corrected chi connectivity index (χ2v) is 9.83. The Bertz CT molecular complexity index is 1030. The zero-order valence-electron chi connectivity index (χ0n) is 22.8. The van der Waals surface area contributed by atoms with Crippen molar-refractivity contribution in [1.29, 1.82) is 0 Å². The minimum Gasteiger partial charge on any atom is -0.481 e. The fourth-order valence-corrected chi connectivity index (χ4v) is 3.78. The molecule has 40 heavy (non-hydrogen) atoms. The summed E-state index contributed by atoms with van der Waals surface area (Å²) in [7, 11) is 0. The maximum atomic E-state index is 13.3. The number of benzene rings is 1. The number of hydrogen-bond donors (Lipinski definition) is 8. The standard InChI is InChI=1S/C26H41N7O7/c1-15(2)13-20(33-22(36)17(27)14-16-7-4-3-5-8-16)24(38)31-18(9-6-12-30-26(28)29)23(37)32-19(25(39)40)10-11-21(34)35/h3-5,7-8,15,17-20H,6,9-14,27H2,1-2H3,(H,31,38)(H,32,37)(H,33,36)(H,34,35)(H,39,40)(H4,28,29,30). The van der Waals surface area contributed by atoms with Gasteiger partial charge in [0.25, 0.3) is 0 Å². The summed E-state index contributed by atoms with van der Waals surface area (Å²) in [5.74, 6) is -4.84. The van der Waals surface area contributed by atoms with Crippen LogP contribution < -0.4 is 33.2 Å². The van der Waals surface area contributed by atoms with Gasteiger partial charge in [-0.15, -0.1) is 0 Å². The van der Waals surface area contributed by atoms with Crippen LogP contribution in [0.2, 0.25) is 0 Å². The first-order valence-electron chi connectivity index (χ1n) is 13.0. The highest BCUT2D eigenvalue weighted by molar-refractivity contribution is 5.94. The molecule has 4 atom stereocenters. The Morgan fingerprint density at radius 3 is 1.98 bits per heavy atom. The number of guanidine groups is 1. The molecule has 0 saturated heterocycles. The van der Waals surface area contributed by atoms with Gasteiger partial charge in [0.1, 0.15) is 18.1 Å². The lowest BCUT2D eigenvalue weighted by Gasteiger charge is -2.26. The molecule has 0 saturated carbocycles. The normalized spacial score (nSPS) is 13.8. The zero-order valence-corrected chi connectivity index (χ0v) is 22.8. The summed E-state index contributed by atoms with van der Waals surface area (Å²) in [6.07, 6.45) is -0.0392. The van der Waals surface area contributed by atoms with E-state index in [0.29, 0.717) is 0 Å². The van der Waals surface area contributed by atoms with Crippen LogP contribution >= 0.6 is 0 Å². The van der Waals surface area contributed by atoms with E-state index < -0.39 is 60.2 Å². The fraction of sp³-hybridized carbons (Fsp3) is 0.538. The molecular formula is C26H41N7O7. The lowest BCUT2D eigenvalue weighted by atomic mass is 10.0. The number of hydrogen-bond acceptors (Lipinski definition) is 7. The van der Waals surface area contributed by atoms with Crippen LogP contribution in [0.1, 0.15) is 51.5 Å². The Kier molecular flexibility index (Phi) is 14.7. The van der Waals surface area contributed by atoms with Crippen molar-refractivity contribution in [3.63, 3.8) is 0 Å². The number of amides is 3. The van der Waals surface area contributed by atoms with Gasteiger partial charge in [-0.3, -0.25) is 24.2 Å². The minimum atomic E-state index is -1.48. The topological polar surface area (TPSA) is 252 Å². The van der Waals surface area contributed by atoms with Crippen molar-refractivity contribution < 1.29 is 34.2 Å². The summed E-state index contributed by atoms with van der Waals surface area (Å²) in [6.45, 7) is 3.86. The molecular weight excluding hydrogens is 522 g/mol. The maximum absolute atomic E-state index is 13.3. The van der Waals surface area contributed by atoms with Crippen LogP contribution in [-0.4, -0.2) is 76.5 Å². The quantitative estimate of drug-likeness (QED) is 0.0618. The van der Waals surface area contributed by atoms with Gasteiger partial charge >= 0.3 is 11.9 Å². The first-order chi connectivity index (χ1) is 18.8. The average molecular weight is 564 g/mol. The molecule has 11 N–H and O–H groups in total. The molecule has 0 aliphatic carbocycles. The summed E-state index contributed by atoms with van der Waals surface area (Å²) < 4.78 is 0. The number of nitrogens with two attached hydrogens (primary N) is 3. The van der Waals surface area contributed by atoms with Crippen LogP contribution in [0.3, 0.4) is 0 Å². The fourth-order valence-electron chi connectivity index (χ4n) is 3.78. The van der Waals surface area contributed by atoms with Crippen molar-refractivity contribution in [2.75, 3.05) is 6.54 Å². The summed E-state index contributed by atoms with van der Waals surface area (Å²) in [5.41, 5.74) is 17.6. The van der Waals surface area contributed by atoms with Crippen molar-refractivity contribution in [3.05, 3.63) is 35.9 Å². The smallest absolute Gasteiger partial charge is 0.326 e. The highest BCUT2D eigenvalue weighted by atomic mass is 16.4. The van der Waals surface area contributed by atoms with Crippen LogP contribution in [0.25, 0.3) is 0 Å². The van der Waals surface area contributed by atoms with E-state index in [0.717, 1.165) is 5.56 Å². The van der Waals surface area contributed by atoms with Crippen LogP contribution in [0.5, 0.6) is 0 Å². The third-order valence-corrected chi connectivity index (χ3v) is 5.82. The second kappa shape index (κ2) is 17.4. The van der Waals surface area contributed by atoms with Crippen molar-refractivity contribution in [3.8, 4) is 0 Å². The van der Waals surface area contributed by atoms with Gasteiger partial charge in [-0.05, 0) is 43.6 Å². The summed E-state index contributed by atoms with van der Waals surface area (Å²) in [5, 5.41) is 25.8. The van der Waals surface area contributed by atoms with E-state index in [1.54, 1.807) is 0 Å². The zero-order chi connectivity index (χ0) is 30.2. The maximum Gasteiger partial charge on any atom is 0.326 e. The average Bonchev–Trinajstić information content (AvgIpc) is 2.87. The Balaban J connectivity index is 3.03. The SMILES string of the molecule is CC(C)CC(NC(=O)C(N)Cc1ccccc1)C(=O)NC(CCCN=C(N)N)C(=O)NC(CCC(=O)O)C(=O)O. The molecule has 0 bridgehead atoms. The van der Waals surface area contributed by atoms with Gasteiger partial charge in [-0.25, -0.2) is 4.79 Å². The van der Waals surface area contributed by atoms with E-state index in [4.69, 9.17) is 22.3 Å². The van der Waals surface area contributed by atoms with Crippen LogP contribution in [0, 0.1) is 5.92 Å². The molecule has 0 aliphatic heterocycles. The molecule has 1 aromatic carbocycles. The van der Waals surface area contributed by atoms with Crippen molar-refractivity contribution >= 4 is 35.6 Å². The molecule has 222 valence electrons. The summed E-state index contributed by atoms with van der Waals surface area (Å²) >= 11 is 0. The van der Waals surface area contributed by atoms with Crippen LogP contribution in [0.4, 0.5) is 0 Å². The number of carbonyl (C=O) groups excluding carboxylic acids is 3. The Hall–Kier alpha value is -4.20. The second-order valence-electron chi connectivity index (χ2n) is 9.83. The lowest BCUT2D eigenvalue weighted by Crippen LogP contribution is -2.57. The largest absolute Gasteiger partial charge is 0.481 e. The molecule has 0 aliphatic rings. The van der Waals surface area contributed by atoms with Gasteiger partial charge in [0.2, 0.25) is 17.7 Å². The summed E-state index contributed by atoms with van der Waals surface area (Å²) in [6, 6.07) is 4.51. The number of aliphatic carboxylic acids is 2. The van der Waals surface area contributed by atoms with Gasteiger partial charge in [0, 0.05) is 13.0 Å². The third kappa shape index (κ3) is 13.6. The van der Waals surface area contributed by atoms with E-state index in [9.17, 15) is 29.1 Å². The molecule has 4 unspecified atom stereocenters. The number of rotatable bonds is 18. The van der Waals surface area contributed by atoms with Crippen molar-refractivity contribution in [1.82, 2.24) is 16.0 Å². The predicted octanol–water partition coefficient (Wildman–Crippen LogP) is -0.940. The van der Waals surface area contributed by atoms with Gasteiger partial charge in [0.05, 0.1) is 6.04 Å². The number of nitrogens with zero attached hydrogens (tertiary/aromatic N) is 1. The number of aliphatic imine (C=N–C) groups is 1. The lowest BCUT2D eigenvalue weighted by molar-refractivity contribution is -0.143. The number of carboxylic acid groups (broad SMARTS) is 2. The first-order valence-corrected chi connectivity index (χ1v) is 13.0. The Labute approximate surface area is 233 Å². The Morgan fingerprint density at radius 1 is 0.850 bits per heavy atom. The number of carboxylic acids is 2. The molecule has 0 fully saturated rings. The molecule has 1 rings (SSSR count). The van der Waals surface area contributed by atoms with E-state index >= 15 is 0 Å². The molecule has 3 amide bonds. The van der Waals surface area contributed by atoms with Gasteiger partial charge < -0.3 is 43.4 Å². The molecule has 0 radical (unpaired) electrons. The van der Waals surface area contributed by atoms with Gasteiger partial charge in [-0.1, -0.05) is 44.2 Å².